The van der Waals surface area contributed by atoms with Crippen LogP contribution in [0.2, 0.25) is 5.02 Å². The Morgan fingerprint density at radius 3 is 2.78 bits per heavy atom. The Kier molecular flexibility index (Phi) is 3.68. The van der Waals surface area contributed by atoms with Crippen molar-refractivity contribution in [1.29, 1.82) is 0 Å². The zero-order valence-corrected chi connectivity index (χ0v) is 10.9. The average Bonchev–Trinajstić information content (AvgIpc) is 2.64. The van der Waals surface area contributed by atoms with E-state index in [1.54, 1.807) is 12.3 Å². The lowest BCUT2D eigenvalue weighted by atomic mass is 10.1. The summed E-state index contributed by atoms with van der Waals surface area (Å²) < 4.78 is 14.7. The van der Waals surface area contributed by atoms with E-state index < -0.39 is 6.10 Å². The van der Waals surface area contributed by atoms with Crippen LogP contribution in [0, 0.1) is 12.7 Å². The lowest BCUT2D eigenvalue weighted by molar-refractivity contribution is 0.170. The van der Waals surface area contributed by atoms with Gasteiger partial charge in [-0.2, -0.15) is 0 Å². The molecule has 0 aliphatic rings. The Morgan fingerprint density at radius 1 is 1.50 bits per heavy atom. The minimum atomic E-state index is -0.709. The fourth-order valence-electron chi connectivity index (χ4n) is 1.83. The first-order chi connectivity index (χ1) is 8.49. The molecule has 0 fully saturated rings. The van der Waals surface area contributed by atoms with Crippen molar-refractivity contribution in [2.45, 2.75) is 19.4 Å². The van der Waals surface area contributed by atoms with Crippen LogP contribution in [-0.4, -0.2) is 14.7 Å². The van der Waals surface area contributed by atoms with E-state index in [-0.39, 0.29) is 5.82 Å². The van der Waals surface area contributed by atoms with Gasteiger partial charge in [-0.05, 0) is 24.6 Å². The van der Waals surface area contributed by atoms with Gasteiger partial charge in [-0.1, -0.05) is 17.7 Å². The van der Waals surface area contributed by atoms with E-state index in [4.69, 9.17) is 11.6 Å². The van der Waals surface area contributed by atoms with Crippen LogP contribution >= 0.6 is 11.6 Å². The number of halogens is 2. The summed E-state index contributed by atoms with van der Waals surface area (Å²) in [6.07, 6.45) is 1.26. The second-order valence-electron chi connectivity index (χ2n) is 4.24. The van der Waals surface area contributed by atoms with Crippen LogP contribution in [-0.2, 0) is 13.5 Å². The maximum atomic E-state index is 12.9. The molecule has 96 valence electrons. The molecule has 1 atom stereocenters. The largest absolute Gasteiger partial charge is 0.386 e. The van der Waals surface area contributed by atoms with Gasteiger partial charge < -0.3 is 9.67 Å². The highest BCUT2D eigenvalue weighted by atomic mass is 35.5. The molecule has 1 aromatic carbocycles. The molecule has 0 saturated heterocycles. The first-order valence-electron chi connectivity index (χ1n) is 5.59. The Bertz CT molecular complexity index is 568. The minimum absolute atomic E-state index is 0.327. The molecule has 0 aliphatic heterocycles. The molecule has 18 heavy (non-hydrogen) atoms. The van der Waals surface area contributed by atoms with Gasteiger partial charge in [0.2, 0.25) is 0 Å². The topological polar surface area (TPSA) is 38.1 Å². The van der Waals surface area contributed by atoms with Gasteiger partial charge in [-0.15, -0.1) is 0 Å². The highest BCUT2D eigenvalue weighted by molar-refractivity contribution is 6.31. The smallest absolute Gasteiger partial charge is 0.124 e. The molecule has 0 aliphatic carbocycles. The van der Waals surface area contributed by atoms with E-state index in [0.29, 0.717) is 22.7 Å². The summed E-state index contributed by atoms with van der Waals surface area (Å²) in [5, 5.41) is 10.5. The first-order valence-corrected chi connectivity index (χ1v) is 5.97. The van der Waals surface area contributed by atoms with Crippen LogP contribution in [0.1, 0.15) is 23.2 Å². The van der Waals surface area contributed by atoms with Gasteiger partial charge in [0.15, 0.2) is 0 Å². The summed E-state index contributed by atoms with van der Waals surface area (Å²) >= 11 is 5.93. The molecular formula is C13H14ClFN2O. The van der Waals surface area contributed by atoms with E-state index >= 15 is 0 Å². The van der Waals surface area contributed by atoms with Crippen molar-refractivity contribution in [3.8, 4) is 0 Å². The Balaban J connectivity index is 2.21. The Hall–Kier alpha value is -1.39. The third-order valence-electron chi connectivity index (χ3n) is 3.03. The second kappa shape index (κ2) is 5.08. The average molecular weight is 269 g/mol. The molecule has 0 saturated carbocycles. The van der Waals surface area contributed by atoms with Crippen molar-refractivity contribution in [1.82, 2.24) is 9.55 Å². The zero-order chi connectivity index (χ0) is 13.3. The number of aliphatic hydroxyl groups excluding tert-OH is 1. The maximum Gasteiger partial charge on any atom is 0.124 e. The van der Waals surface area contributed by atoms with Gasteiger partial charge in [-0.3, -0.25) is 0 Å². The quantitative estimate of drug-likeness (QED) is 0.930. The summed E-state index contributed by atoms with van der Waals surface area (Å²) in [4.78, 5) is 4.13. The number of rotatable bonds is 3. The third kappa shape index (κ3) is 2.54. The van der Waals surface area contributed by atoms with E-state index in [0.717, 1.165) is 5.82 Å². The first kappa shape index (κ1) is 13.1. The van der Waals surface area contributed by atoms with Crippen LogP contribution in [0.4, 0.5) is 4.39 Å². The molecule has 0 spiro atoms. The monoisotopic (exact) mass is 268 g/mol. The number of nitrogens with zero attached hydrogens (tertiary/aromatic N) is 2. The van der Waals surface area contributed by atoms with E-state index in [9.17, 15) is 9.50 Å². The lowest BCUT2D eigenvalue weighted by Crippen LogP contribution is -2.08. The number of hydrogen-bond acceptors (Lipinski definition) is 2. The molecule has 1 unspecified atom stereocenters. The van der Waals surface area contributed by atoms with Gasteiger partial charge in [-0.25, -0.2) is 9.37 Å². The van der Waals surface area contributed by atoms with Crippen LogP contribution in [0.3, 0.4) is 0 Å². The second-order valence-corrected chi connectivity index (χ2v) is 4.65. The Labute approximate surface area is 110 Å². The molecule has 2 rings (SSSR count). The van der Waals surface area contributed by atoms with Crippen molar-refractivity contribution in [2.24, 2.45) is 7.05 Å². The van der Waals surface area contributed by atoms with Crippen molar-refractivity contribution in [3.05, 3.63) is 52.3 Å². The zero-order valence-electron chi connectivity index (χ0n) is 10.2. The fourth-order valence-corrected chi connectivity index (χ4v) is 2.07. The summed E-state index contributed by atoms with van der Waals surface area (Å²) in [6, 6.07) is 4.17. The van der Waals surface area contributed by atoms with Crippen molar-refractivity contribution >= 4 is 11.6 Å². The van der Waals surface area contributed by atoms with Gasteiger partial charge in [0.25, 0.3) is 0 Å². The molecular weight excluding hydrogens is 255 g/mol. The lowest BCUT2D eigenvalue weighted by Gasteiger charge is -2.13. The Morgan fingerprint density at radius 2 is 2.22 bits per heavy atom. The predicted molar refractivity (Wildman–Crippen MR) is 68.0 cm³/mol. The third-order valence-corrected chi connectivity index (χ3v) is 3.38. The summed E-state index contributed by atoms with van der Waals surface area (Å²) in [5.41, 5.74) is 1.43. The van der Waals surface area contributed by atoms with Crippen LogP contribution in [0.15, 0.2) is 24.4 Å². The predicted octanol–water partition coefficient (Wildman–Crippen LogP) is 2.80. The molecule has 0 radical (unpaired) electrons. The number of hydrogen-bond donors (Lipinski definition) is 1. The molecule has 1 aromatic heterocycles. The van der Waals surface area contributed by atoms with E-state index in [1.165, 1.54) is 12.1 Å². The normalized spacial score (nSPS) is 12.7. The van der Waals surface area contributed by atoms with Crippen LogP contribution < -0.4 is 0 Å². The SMILES string of the molecule is Cc1ncc(C(O)Cc2ccc(F)cc2Cl)n1C. The minimum Gasteiger partial charge on any atom is -0.386 e. The van der Waals surface area contributed by atoms with E-state index in [2.05, 4.69) is 4.98 Å². The number of aromatic nitrogens is 2. The molecule has 5 heteroatoms. The van der Waals surface area contributed by atoms with Crippen LogP contribution in [0.25, 0.3) is 0 Å². The number of benzene rings is 1. The summed E-state index contributed by atoms with van der Waals surface area (Å²) in [5.74, 6) is 0.448. The highest BCUT2D eigenvalue weighted by Crippen LogP contribution is 2.24. The number of imidazole rings is 1. The van der Waals surface area contributed by atoms with Gasteiger partial charge in [0, 0.05) is 18.5 Å². The van der Waals surface area contributed by atoms with E-state index in [1.807, 2.05) is 18.5 Å². The van der Waals surface area contributed by atoms with Gasteiger partial charge in [0.05, 0.1) is 18.0 Å². The maximum absolute atomic E-state index is 12.9. The molecule has 0 amide bonds. The summed E-state index contributed by atoms with van der Waals surface area (Å²) in [6.45, 7) is 1.86. The molecule has 2 aromatic rings. The van der Waals surface area contributed by atoms with Crippen molar-refractivity contribution < 1.29 is 9.50 Å². The van der Waals surface area contributed by atoms with Gasteiger partial charge in [0.1, 0.15) is 11.6 Å². The molecule has 3 nitrogen and oxygen atoms in total. The molecule has 1 heterocycles. The van der Waals surface area contributed by atoms with Crippen molar-refractivity contribution in [3.63, 3.8) is 0 Å². The fraction of sp³-hybridized carbons (Fsp3) is 0.308. The standard InChI is InChI=1S/C13H14ClFN2O/c1-8-16-7-12(17(8)2)13(18)5-9-3-4-10(15)6-11(9)14/h3-4,6-7,13,18H,5H2,1-2H3. The van der Waals surface area contributed by atoms with Crippen molar-refractivity contribution in [2.75, 3.05) is 0 Å². The van der Waals surface area contributed by atoms with Gasteiger partial charge >= 0.3 is 0 Å². The highest BCUT2D eigenvalue weighted by Gasteiger charge is 2.15. The number of aliphatic hydroxyl groups is 1. The number of aryl methyl sites for hydroxylation is 1. The summed E-state index contributed by atoms with van der Waals surface area (Å²) in [7, 11) is 1.84. The molecule has 1 N–H and O–H groups in total. The van der Waals surface area contributed by atoms with Crippen LogP contribution in [0.5, 0.6) is 0 Å². The molecule has 0 bridgehead atoms.